The topological polar surface area (TPSA) is 38.9 Å². The molecule has 2 heteroatoms. The van der Waals surface area contributed by atoms with Crippen molar-refractivity contribution in [3.05, 3.63) is 40.6 Å². The highest BCUT2D eigenvalue weighted by atomic mass is 14.7. The molecule has 1 heterocycles. The van der Waals surface area contributed by atoms with Gasteiger partial charge in [0.1, 0.15) is 0 Å². The van der Waals surface area contributed by atoms with Crippen LogP contribution in [0.5, 0.6) is 0 Å². The van der Waals surface area contributed by atoms with Gasteiger partial charge in [-0.3, -0.25) is 4.98 Å². The number of nitrogens with zero attached hydrogens (tertiary/aromatic N) is 1. The molecule has 0 fully saturated rings. The first kappa shape index (κ1) is 12.1. The highest BCUT2D eigenvalue weighted by molar-refractivity contribution is 5.88. The third kappa shape index (κ3) is 2.32. The summed E-state index contributed by atoms with van der Waals surface area (Å²) in [7, 11) is 0. The van der Waals surface area contributed by atoms with Crippen LogP contribution in [-0.2, 0) is 6.42 Å². The molecule has 17 heavy (non-hydrogen) atoms. The molecule has 0 spiro atoms. The van der Waals surface area contributed by atoms with E-state index in [0.29, 0.717) is 0 Å². The quantitative estimate of drug-likeness (QED) is 0.877. The lowest BCUT2D eigenvalue weighted by Crippen LogP contribution is -2.02. The highest BCUT2D eigenvalue weighted by Gasteiger charge is 2.07. The van der Waals surface area contributed by atoms with Gasteiger partial charge in [-0.1, -0.05) is 12.1 Å². The Hall–Kier alpha value is -1.41. The van der Waals surface area contributed by atoms with Crippen molar-refractivity contribution in [2.24, 2.45) is 5.73 Å². The summed E-state index contributed by atoms with van der Waals surface area (Å²) in [4.78, 5) is 4.78. The van der Waals surface area contributed by atoms with Gasteiger partial charge in [-0.05, 0) is 62.9 Å². The Balaban J connectivity index is 2.60. The molecule has 0 radical (unpaired) electrons. The van der Waals surface area contributed by atoms with Crippen molar-refractivity contribution >= 4 is 10.9 Å². The molecule has 1 aromatic carbocycles. The number of aromatic nitrogens is 1. The number of hydrogen-bond donors (Lipinski definition) is 1. The summed E-state index contributed by atoms with van der Waals surface area (Å²) in [6.07, 6.45) is 1.98. The number of pyridine rings is 1. The van der Waals surface area contributed by atoms with Crippen LogP contribution in [0.3, 0.4) is 0 Å². The van der Waals surface area contributed by atoms with E-state index >= 15 is 0 Å². The number of hydrogen-bond acceptors (Lipinski definition) is 2. The normalized spacial score (nSPS) is 11.1. The lowest BCUT2D eigenvalue weighted by molar-refractivity contribution is 0.813. The minimum absolute atomic E-state index is 0.728. The van der Waals surface area contributed by atoms with Gasteiger partial charge in [0.2, 0.25) is 0 Å². The minimum atomic E-state index is 0.728. The van der Waals surface area contributed by atoms with E-state index in [1.807, 2.05) is 0 Å². The lowest BCUT2D eigenvalue weighted by Gasteiger charge is -2.10. The molecule has 0 aliphatic rings. The van der Waals surface area contributed by atoms with Crippen LogP contribution in [0, 0.1) is 20.8 Å². The van der Waals surface area contributed by atoms with Crippen LogP contribution in [0.15, 0.2) is 18.2 Å². The molecule has 0 bridgehead atoms. The van der Waals surface area contributed by atoms with Gasteiger partial charge in [-0.2, -0.15) is 0 Å². The van der Waals surface area contributed by atoms with Crippen molar-refractivity contribution in [1.29, 1.82) is 0 Å². The summed E-state index contributed by atoms with van der Waals surface area (Å²) in [6, 6.07) is 6.52. The zero-order valence-electron chi connectivity index (χ0n) is 10.9. The van der Waals surface area contributed by atoms with Crippen molar-refractivity contribution < 1.29 is 0 Å². The first-order valence-corrected chi connectivity index (χ1v) is 6.20. The molecule has 0 unspecified atom stereocenters. The van der Waals surface area contributed by atoms with Gasteiger partial charge in [0, 0.05) is 11.1 Å². The van der Waals surface area contributed by atoms with Gasteiger partial charge in [0.05, 0.1) is 5.52 Å². The molecule has 90 valence electrons. The zero-order chi connectivity index (χ0) is 12.4. The number of aryl methyl sites for hydroxylation is 4. The molecule has 0 aliphatic carbocycles. The van der Waals surface area contributed by atoms with Crippen molar-refractivity contribution in [2.75, 3.05) is 6.54 Å². The molecule has 0 atom stereocenters. The molecule has 2 rings (SSSR count). The van der Waals surface area contributed by atoms with E-state index in [4.69, 9.17) is 10.7 Å². The number of benzene rings is 1. The number of fused-ring (bicyclic) bond motifs is 1. The average molecular weight is 228 g/mol. The molecule has 1 aromatic heterocycles. The van der Waals surface area contributed by atoms with Crippen LogP contribution in [0.25, 0.3) is 10.9 Å². The monoisotopic (exact) mass is 228 g/mol. The van der Waals surface area contributed by atoms with Gasteiger partial charge in [-0.15, -0.1) is 0 Å². The predicted molar refractivity (Wildman–Crippen MR) is 73.3 cm³/mol. The second-order valence-corrected chi connectivity index (χ2v) is 4.75. The molecule has 0 saturated carbocycles. The second kappa shape index (κ2) is 4.84. The Kier molecular flexibility index (Phi) is 3.43. The van der Waals surface area contributed by atoms with Gasteiger partial charge >= 0.3 is 0 Å². The van der Waals surface area contributed by atoms with E-state index in [1.54, 1.807) is 0 Å². The van der Waals surface area contributed by atoms with Crippen LogP contribution >= 0.6 is 0 Å². The van der Waals surface area contributed by atoms with Crippen molar-refractivity contribution in [3.8, 4) is 0 Å². The Bertz CT molecular complexity index is 544. The first-order valence-electron chi connectivity index (χ1n) is 6.20. The maximum atomic E-state index is 5.55. The van der Waals surface area contributed by atoms with Crippen molar-refractivity contribution in [3.63, 3.8) is 0 Å². The molecule has 0 saturated heterocycles. The third-order valence-electron chi connectivity index (χ3n) is 3.26. The van der Waals surface area contributed by atoms with Crippen molar-refractivity contribution in [1.82, 2.24) is 4.98 Å². The van der Waals surface area contributed by atoms with Crippen LogP contribution < -0.4 is 5.73 Å². The molecular weight excluding hydrogens is 208 g/mol. The van der Waals surface area contributed by atoms with Gasteiger partial charge in [0.15, 0.2) is 0 Å². The van der Waals surface area contributed by atoms with Crippen LogP contribution in [-0.4, -0.2) is 11.5 Å². The fourth-order valence-corrected chi connectivity index (χ4v) is 2.35. The van der Waals surface area contributed by atoms with Crippen LogP contribution in [0.1, 0.15) is 28.8 Å². The van der Waals surface area contributed by atoms with Crippen LogP contribution in [0.2, 0.25) is 0 Å². The maximum Gasteiger partial charge on any atom is 0.0739 e. The van der Waals surface area contributed by atoms with E-state index in [1.165, 1.54) is 22.1 Å². The maximum absolute atomic E-state index is 5.55. The predicted octanol–water partition coefficient (Wildman–Crippen LogP) is 3.05. The average Bonchev–Trinajstić information content (AvgIpc) is 2.31. The fourth-order valence-electron chi connectivity index (χ4n) is 2.35. The van der Waals surface area contributed by atoms with Gasteiger partial charge in [-0.25, -0.2) is 0 Å². The van der Waals surface area contributed by atoms with Crippen LogP contribution in [0.4, 0.5) is 0 Å². The summed E-state index contributed by atoms with van der Waals surface area (Å²) in [5, 5.41) is 1.31. The number of nitrogens with two attached hydrogens (primary N) is 1. The van der Waals surface area contributed by atoms with E-state index in [9.17, 15) is 0 Å². The Morgan fingerprint density at radius 2 is 1.76 bits per heavy atom. The second-order valence-electron chi connectivity index (χ2n) is 4.75. The zero-order valence-corrected chi connectivity index (χ0v) is 10.9. The van der Waals surface area contributed by atoms with Crippen molar-refractivity contribution in [2.45, 2.75) is 33.6 Å². The van der Waals surface area contributed by atoms with E-state index in [0.717, 1.165) is 30.6 Å². The fraction of sp³-hybridized carbons (Fsp3) is 0.400. The Labute approximate surface area is 103 Å². The van der Waals surface area contributed by atoms with Gasteiger partial charge < -0.3 is 5.73 Å². The van der Waals surface area contributed by atoms with Gasteiger partial charge in [0.25, 0.3) is 0 Å². The molecular formula is C15H20N2. The molecule has 2 N–H and O–H groups in total. The van der Waals surface area contributed by atoms with E-state index in [-0.39, 0.29) is 0 Å². The standard InChI is InChI=1S/C15H20N2/c1-10-6-7-11(2)15-14(10)12(3)9-13(17-15)5-4-8-16/h6-7,9H,4-5,8,16H2,1-3H3. The third-order valence-corrected chi connectivity index (χ3v) is 3.26. The summed E-state index contributed by atoms with van der Waals surface area (Å²) in [6.45, 7) is 7.17. The summed E-state index contributed by atoms with van der Waals surface area (Å²) < 4.78 is 0. The Morgan fingerprint density at radius 3 is 2.47 bits per heavy atom. The van der Waals surface area contributed by atoms with E-state index in [2.05, 4.69) is 39.0 Å². The smallest absolute Gasteiger partial charge is 0.0739 e. The van der Waals surface area contributed by atoms with E-state index < -0.39 is 0 Å². The SMILES string of the molecule is Cc1ccc(C)c2c(C)cc(CCCN)nc12. The lowest BCUT2D eigenvalue weighted by atomic mass is 10.00. The molecule has 2 aromatic rings. The minimum Gasteiger partial charge on any atom is -0.330 e. The molecule has 0 amide bonds. The Morgan fingerprint density at radius 1 is 1.06 bits per heavy atom. The number of rotatable bonds is 3. The molecule has 2 nitrogen and oxygen atoms in total. The molecule has 0 aliphatic heterocycles. The first-order chi connectivity index (χ1) is 8.13. The summed E-state index contributed by atoms with van der Waals surface area (Å²) >= 11 is 0. The summed E-state index contributed by atoms with van der Waals surface area (Å²) in [5.74, 6) is 0. The highest BCUT2D eigenvalue weighted by Crippen LogP contribution is 2.24. The largest absolute Gasteiger partial charge is 0.330 e. The summed E-state index contributed by atoms with van der Waals surface area (Å²) in [5.41, 5.74) is 11.7.